The van der Waals surface area contributed by atoms with E-state index in [1.165, 1.54) is 0 Å². The zero-order chi connectivity index (χ0) is 13.7. The van der Waals surface area contributed by atoms with Crippen molar-refractivity contribution >= 4 is 16.9 Å². The molecule has 0 aliphatic rings. The second-order valence-electron chi connectivity index (χ2n) is 4.42. The molecule has 1 aromatic carbocycles. The van der Waals surface area contributed by atoms with E-state index in [-0.39, 0.29) is 5.91 Å². The van der Waals surface area contributed by atoms with Gasteiger partial charge in [0.1, 0.15) is 11.6 Å². The van der Waals surface area contributed by atoms with Crippen molar-refractivity contribution in [2.75, 3.05) is 13.7 Å². The van der Waals surface area contributed by atoms with Gasteiger partial charge in [0.25, 0.3) is 0 Å². The summed E-state index contributed by atoms with van der Waals surface area (Å²) in [7, 11) is 1.64. The number of imidazole rings is 1. The second kappa shape index (κ2) is 6.22. The van der Waals surface area contributed by atoms with Crippen molar-refractivity contribution in [3.63, 3.8) is 0 Å². The van der Waals surface area contributed by atoms with E-state index in [1.54, 1.807) is 7.11 Å². The summed E-state index contributed by atoms with van der Waals surface area (Å²) >= 11 is 0. The highest BCUT2D eigenvalue weighted by Gasteiger charge is 2.05. The fourth-order valence-corrected chi connectivity index (χ4v) is 1.92. The van der Waals surface area contributed by atoms with E-state index >= 15 is 0 Å². The standard InChI is InChI=1S/C14H19N3O2/c1-3-4-14(18)15-8-7-13-16-11-6-5-10(19-2)9-12(11)17-13/h5-6,9H,3-4,7-8H2,1-2H3,(H,15,18)(H,16,17). The Hall–Kier alpha value is -2.04. The van der Waals surface area contributed by atoms with E-state index in [9.17, 15) is 4.79 Å². The van der Waals surface area contributed by atoms with Gasteiger partial charge in [0.2, 0.25) is 5.91 Å². The minimum absolute atomic E-state index is 0.0975. The van der Waals surface area contributed by atoms with Gasteiger partial charge in [-0.1, -0.05) is 6.92 Å². The third-order valence-electron chi connectivity index (χ3n) is 2.90. The fourth-order valence-electron chi connectivity index (χ4n) is 1.92. The normalized spacial score (nSPS) is 10.6. The van der Waals surface area contributed by atoms with Crippen molar-refractivity contribution in [1.82, 2.24) is 15.3 Å². The number of benzene rings is 1. The van der Waals surface area contributed by atoms with Crippen LogP contribution < -0.4 is 10.1 Å². The molecule has 0 fully saturated rings. The maximum atomic E-state index is 11.3. The van der Waals surface area contributed by atoms with E-state index in [1.807, 2.05) is 25.1 Å². The van der Waals surface area contributed by atoms with Crippen molar-refractivity contribution in [3.05, 3.63) is 24.0 Å². The second-order valence-corrected chi connectivity index (χ2v) is 4.42. The zero-order valence-corrected chi connectivity index (χ0v) is 11.3. The Balaban J connectivity index is 1.96. The molecule has 2 rings (SSSR count). The third kappa shape index (κ3) is 3.47. The molecule has 2 aromatic rings. The number of nitrogens with zero attached hydrogens (tertiary/aromatic N) is 1. The number of fused-ring (bicyclic) bond motifs is 1. The van der Waals surface area contributed by atoms with Crippen LogP contribution in [0.3, 0.4) is 0 Å². The highest BCUT2D eigenvalue weighted by Crippen LogP contribution is 2.18. The Bertz CT molecular complexity index is 563. The van der Waals surface area contributed by atoms with E-state index < -0.39 is 0 Å². The van der Waals surface area contributed by atoms with Crippen LogP contribution in [0.1, 0.15) is 25.6 Å². The van der Waals surface area contributed by atoms with Crippen LogP contribution in [0.2, 0.25) is 0 Å². The van der Waals surface area contributed by atoms with Crippen LogP contribution in [-0.2, 0) is 11.2 Å². The van der Waals surface area contributed by atoms with Gasteiger partial charge in [0.05, 0.1) is 18.1 Å². The average Bonchev–Trinajstić information content (AvgIpc) is 2.80. The smallest absolute Gasteiger partial charge is 0.219 e. The monoisotopic (exact) mass is 261 g/mol. The number of ether oxygens (including phenoxy) is 1. The summed E-state index contributed by atoms with van der Waals surface area (Å²) < 4.78 is 5.17. The van der Waals surface area contributed by atoms with Gasteiger partial charge in [-0.3, -0.25) is 4.79 Å². The van der Waals surface area contributed by atoms with Gasteiger partial charge in [0, 0.05) is 25.5 Å². The van der Waals surface area contributed by atoms with Crippen LogP contribution in [0.4, 0.5) is 0 Å². The number of hydrogen-bond donors (Lipinski definition) is 2. The van der Waals surface area contributed by atoms with Crippen LogP contribution in [0, 0.1) is 0 Å². The SMILES string of the molecule is CCCC(=O)NCCc1nc2ccc(OC)cc2[nH]1. The van der Waals surface area contributed by atoms with Crippen molar-refractivity contribution in [3.8, 4) is 5.75 Å². The lowest BCUT2D eigenvalue weighted by atomic mass is 10.3. The largest absolute Gasteiger partial charge is 0.497 e. The zero-order valence-electron chi connectivity index (χ0n) is 11.3. The maximum Gasteiger partial charge on any atom is 0.219 e. The Kier molecular flexibility index (Phi) is 4.39. The van der Waals surface area contributed by atoms with Crippen molar-refractivity contribution in [2.24, 2.45) is 0 Å². The third-order valence-corrected chi connectivity index (χ3v) is 2.90. The molecular formula is C14H19N3O2. The molecule has 0 saturated carbocycles. The number of rotatable bonds is 6. The number of carbonyl (C=O) groups is 1. The van der Waals surface area contributed by atoms with Crippen molar-refractivity contribution in [1.29, 1.82) is 0 Å². The molecule has 0 spiro atoms. The summed E-state index contributed by atoms with van der Waals surface area (Å²) in [5, 5.41) is 2.88. The molecule has 5 heteroatoms. The first kappa shape index (κ1) is 13.4. The first-order valence-electron chi connectivity index (χ1n) is 6.52. The number of amides is 1. The van der Waals surface area contributed by atoms with Gasteiger partial charge in [-0.05, 0) is 18.6 Å². The predicted molar refractivity (Wildman–Crippen MR) is 74.3 cm³/mol. The molecule has 1 amide bonds. The quantitative estimate of drug-likeness (QED) is 0.836. The average molecular weight is 261 g/mol. The van der Waals surface area contributed by atoms with Gasteiger partial charge in [0.15, 0.2) is 0 Å². The molecule has 0 aliphatic heterocycles. The summed E-state index contributed by atoms with van der Waals surface area (Å²) in [5.74, 6) is 1.78. The molecule has 2 N–H and O–H groups in total. The number of methoxy groups -OCH3 is 1. The van der Waals surface area contributed by atoms with Crippen molar-refractivity contribution < 1.29 is 9.53 Å². The van der Waals surface area contributed by atoms with Crippen molar-refractivity contribution in [2.45, 2.75) is 26.2 Å². The highest BCUT2D eigenvalue weighted by molar-refractivity contribution is 5.77. The topological polar surface area (TPSA) is 67.0 Å². The summed E-state index contributed by atoms with van der Waals surface area (Å²) in [6.07, 6.45) is 2.15. The molecule has 1 aromatic heterocycles. The number of aromatic nitrogens is 2. The molecule has 0 aliphatic carbocycles. The minimum Gasteiger partial charge on any atom is -0.497 e. The summed E-state index contributed by atoms with van der Waals surface area (Å²) in [4.78, 5) is 19.0. The van der Waals surface area contributed by atoms with E-state index in [0.29, 0.717) is 19.4 Å². The Morgan fingerprint density at radius 3 is 3.05 bits per heavy atom. The highest BCUT2D eigenvalue weighted by atomic mass is 16.5. The number of H-pyrrole nitrogens is 1. The van der Waals surface area contributed by atoms with Gasteiger partial charge >= 0.3 is 0 Å². The van der Waals surface area contributed by atoms with Crippen LogP contribution in [0.5, 0.6) is 5.75 Å². The number of carbonyl (C=O) groups excluding carboxylic acids is 1. The summed E-state index contributed by atoms with van der Waals surface area (Å²) in [6.45, 7) is 2.60. The molecule has 0 unspecified atom stereocenters. The van der Waals surface area contributed by atoms with Crippen LogP contribution >= 0.6 is 0 Å². The lowest BCUT2D eigenvalue weighted by molar-refractivity contribution is -0.121. The van der Waals surface area contributed by atoms with Gasteiger partial charge in [-0.15, -0.1) is 0 Å². The number of aromatic amines is 1. The Morgan fingerprint density at radius 1 is 1.47 bits per heavy atom. The molecule has 19 heavy (non-hydrogen) atoms. The van der Waals surface area contributed by atoms with Gasteiger partial charge in [-0.2, -0.15) is 0 Å². The predicted octanol–water partition coefficient (Wildman–Crippen LogP) is 2.03. The molecular weight excluding hydrogens is 242 g/mol. The maximum absolute atomic E-state index is 11.3. The van der Waals surface area contributed by atoms with Crippen LogP contribution in [0.15, 0.2) is 18.2 Å². The molecule has 0 atom stereocenters. The van der Waals surface area contributed by atoms with E-state index in [0.717, 1.165) is 29.0 Å². The molecule has 102 valence electrons. The minimum atomic E-state index is 0.0975. The first-order valence-corrected chi connectivity index (χ1v) is 6.52. The fraction of sp³-hybridized carbons (Fsp3) is 0.429. The number of hydrogen-bond acceptors (Lipinski definition) is 3. The first-order chi connectivity index (χ1) is 9.22. The lowest BCUT2D eigenvalue weighted by Gasteiger charge is -2.01. The molecule has 0 saturated heterocycles. The summed E-state index contributed by atoms with van der Waals surface area (Å²) in [6, 6.07) is 5.72. The lowest BCUT2D eigenvalue weighted by Crippen LogP contribution is -2.25. The molecule has 0 bridgehead atoms. The molecule has 1 heterocycles. The Morgan fingerprint density at radius 2 is 2.32 bits per heavy atom. The van der Waals surface area contributed by atoms with Crippen LogP contribution in [0.25, 0.3) is 11.0 Å². The van der Waals surface area contributed by atoms with Crippen LogP contribution in [-0.4, -0.2) is 29.5 Å². The van der Waals surface area contributed by atoms with E-state index in [4.69, 9.17) is 4.74 Å². The Labute approximate surface area is 112 Å². The molecule has 5 nitrogen and oxygen atoms in total. The van der Waals surface area contributed by atoms with Gasteiger partial charge < -0.3 is 15.0 Å². The van der Waals surface area contributed by atoms with Gasteiger partial charge in [-0.25, -0.2) is 4.98 Å². The summed E-state index contributed by atoms with van der Waals surface area (Å²) in [5.41, 5.74) is 1.87. The number of nitrogens with one attached hydrogen (secondary N) is 2. The molecule has 0 radical (unpaired) electrons. The van der Waals surface area contributed by atoms with E-state index in [2.05, 4.69) is 15.3 Å².